The highest BCUT2D eigenvalue weighted by molar-refractivity contribution is 5.91. The van der Waals surface area contributed by atoms with E-state index >= 15 is 0 Å². The Morgan fingerprint density at radius 3 is 2.85 bits per heavy atom. The summed E-state index contributed by atoms with van der Waals surface area (Å²) in [5, 5.41) is 5.62. The van der Waals surface area contributed by atoms with Crippen LogP contribution in [-0.4, -0.2) is 30.8 Å². The number of nitrogens with one attached hydrogen (secondary N) is 2. The molecule has 2 rings (SSSR count). The van der Waals surface area contributed by atoms with Gasteiger partial charge >= 0.3 is 0 Å². The Morgan fingerprint density at radius 1 is 1.46 bits per heavy atom. The highest BCUT2D eigenvalue weighted by Gasteiger charge is 2.30. The number of hydrogen-bond acceptors (Lipinski definition) is 3. The van der Waals surface area contributed by atoms with E-state index in [1.54, 1.807) is 0 Å². The molecule has 0 aromatic carbocycles. The van der Waals surface area contributed by atoms with Crippen LogP contribution in [-0.2, 0) is 9.59 Å². The van der Waals surface area contributed by atoms with Crippen LogP contribution in [0, 0.1) is 5.92 Å². The van der Waals surface area contributed by atoms with Crippen molar-refractivity contribution in [3.8, 4) is 0 Å². The van der Waals surface area contributed by atoms with E-state index in [1.165, 1.54) is 12.8 Å². The van der Waals surface area contributed by atoms with Gasteiger partial charge in [-0.2, -0.15) is 0 Å². The van der Waals surface area contributed by atoms with Crippen molar-refractivity contribution >= 4 is 11.7 Å². The van der Waals surface area contributed by atoms with Gasteiger partial charge in [0.2, 0.25) is 5.91 Å². The third kappa shape index (κ3) is 2.28. The van der Waals surface area contributed by atoms with Gasteiger partial charge < -0.3 is 10.6 Å². The van der Waals surface area contributed by atoms with Gasteiger partial charge in [0.1, 0.15) is 0 Å². The lowest BCUT2D eigenvalue weighted by atomic mass is 10.1. The lowest BCUT2D eigenvalue weighted by molar-refractivity contribution is -0.129. The minimum absolute atomic E-state index is 0.0691. The Bertz CT molecular complexity index is 236. The van der Waals surface area contributed by atoms with Gasteiger partial charge in [0.25, 0.3) is 0 Å². The molecule has 2 N–H and O–H groups in total. The maximum atomic E-state index is 11.5. The molecule has 0 aromatic heterocycles. The van der Waals surface area contributed by atoms with Crippen molar-refractivity contribution in [2.24, 2.45) is 5.92 Å². The smallest absolute Gasteiger partial charge is 0.234 e. The lowest BCUT2D eigenvalue weighted by Crippen LogP contribution is -2.55. The van der Waals surface area contributed by atoms with E-state index in [2.05, 4.69) is 10.6 Å². The molecule has 0 aromatic rings. The summed E-state index contributed by atoms with van der Waals surface area (Å²) in [6.45, 7) is 0.935. The number of ketones is 1. The molecule has 4 heteroatoms. The molecule has 1 aliphatic heterocycles. The number of piperazine rings is 1. The molecule has 1 unspecified atom stereocenters. The van der Waals surface area contributed by atoms with Gasteiger partial charge in [-0.3, -0.25) is 9.59 Å². The molecule has 1 aliphatic carbocycles. The van der Waals surface area contributed by atoms with E-state index in [1.807, 2.05) is 0 Å². The van der Waals surface area contributed by atoms with Gasteiger partial charge in [-0.15, -0.1) is 0 Å². The molecule has 2 aliphatic rings. The quantitative estimate of drug-likeness (QED) is 0.615. The largest absolute Gasteiger partial charge is 0.344 e. The molecule has 13 heavy (non-hydrogen) atoms. The SMILES string of the molecule is O=C1CNCC(C(=O)CC2CC2)N1. The average Bonchev–Trinajstić information content (AvgIpc) is 2.88. The fourth-order valence-corrected chi connectivity index (χ4v) is 1.57. The van der Waals surface area contributed by atoms with Crippen molar-refractivity contribution in [2.75, 3.05) is 13.1 Å². The molecular weight excluding hydrogens is 168 g/mol. The molecule has 1 saturated heterocycles. The van der Waals surface area contributed by atoms with Gasteiger partial charge in [0.15, 0.2) is 5.78 Å². The number of carbonyl (C=O) groups is 2. The second kappa shape index (κ2) is 3.46. The van der Waals surface area contributed by atoms with Gasteiger partial charge in [0.05, 0.1) is 12.6 Å². The normalized spacial score (nSPS) is 28.3. The van der Waals surface area contributed by atoms with Crippen molar-refractivity contribution in [2.45, 2.75) is 25.3 Å². The van der Waals surface area contributed by atoms with Crippen molar-refractivity contribution < 1.29 is 9.59 Å². The standard InChI is InChI=1S/C9H14N2O2/c12-8(3-6-1-2-6)7-4-10-5-9(13)11-7/h6-7,10H,1-5H2,(H,11,13). The zero-order valence-electron chi connectivity index (χ0n) is 7.51. The molecule has 72 valence electrons. The average molecular weight is 182 g/mol. The Labute approximate surface area is 77.1 Å². The zero-order chi connectivity index (χ0) is 9.26. The van der Waals surface area contributed by atoms with Crippen LogP contribution in [0.1, 0.15) is 19.3 Å². The summed E-state index contributed by atoms with van der Waals surface area (Å²) in [5.74, 6) is 0.717. The molecule has 1 amide bonds. The fraction of sp³-hybridized carbons (Fsp3) is 0.778. The van der Waals surface area contributed by atoms with Gasteiger partial charge in [-0.25, -0.2) is 0 Å². The third-order valence-electron chi connectivity index (χ3n) is 2.54. The monoisotopic (exact) mass is 182 g/mol. The van der Waals surface area contributed by atoms with Crippen LogP contribution >= 0.6 is 0 Å². The first kappa shape index (κ1) is 8.69. The molecule has 0 spiro atoms. The highest BCUT2D eigenvalue weighted by Crippen LogP contribution is 2.32. The molecule has 4 nitrogen and oxygen atoms in total. The molecule has 2 fully saturated rings. The minimum Gasteiger partial charge on any atom is -0.344 e. The van der Waals surface area contributed by atoms with Crippen LogP contribution < -0.4 is 10.6 Å². The van der Waals surface area contributed by atoms with Crippen LogP contribution in [0.5, 0.6) is 0 Å². The summed E-state index contributed by atoms with van der Waals surface area (Å²) >= 11 is 0. The number of Topliss-reactive ketones (excluding diaryl/α,β-unsaturated/α-hetero) is 1. The second-order valence-corrected chi connectivity index (χ2v) is 3.86. The molecule has 1 atom stereocenters. The van der Waals surface area contributed by atoms with E-state index in [0.29, 0.717) is 25.4 Å². The maximum absolute atomic E-state index is 11.5. The second-order valence-electron chi connectivity index (χ2n) is 3.86. The first-order valence-corrected chi connectivity index (χ1v) is 4.78. The number of hydrogen-bond donors (Lipinski definition) is 2. The number of rotatable bonds is 3. The summed E-state index contributed by atoms with van der Waals surface area (Å²) < 4.78 is 0. The molecule has 1 saturated carbocycles. The zero-order valence-corrected chi connectivity index (χ0v) is 7.51. The molecule has 1 heterocycles. The minimum atomic E-state index is -0.276. The lowest BCUT2D eigenvalue weighted by Gasteiger charge is -2.22. The Kier molecular flexibility index (Phi) is 2.31. The third-order valence-corrected chi connectivity index (χ3v) is 2.54. The Balaban J connectivity index is 1.83. The van der Waals surface area contributed by atoms with E-state index in [-0.39, 0.29) is 17.7 Å². The highest BCUT2D eigenvalue weighted by atomic mass is 16.2. The van der Waals surface area contributed by atoms with Crippen LogP contribution in [0.4, 0.5) is 0 Å². The molecule has 0 radical (unpaired) electrons. The first-order chi connectivity index (χ1) is 6.25. The van der Waals surface area contributed by atoms with Gasteiger partial charge in [-0.05, 0) is 18.8 Å². The topological polar surface area (TPSA) is 58.2 Å². The van der Waals surface area contributed by atoms with Gasteiger partial charge in [0, 0.05) is 13.0 Å². The number of carbonyl (C=O) groups excluding carboxylic acids is 2. The van der Waals surface area contributed by atoms with E-state index in [4.69, 9.17) is 0 Å². The van der Waals surface area contributed by atoms with Gasteiger partial charge in [-0.1, -0.05) is 0 Å². The predicted molar refractivity (Wildman–Crippen MR) is 47.1 cm³/mol. The summed E-state index contributed by atoms with van der Waals surface area (Å²) in [7, 11) is 0. The molecular formula is C9H14N2O2. The van der Waals surface area contributed by atoms with Crippen LogP contribution in [0.2, 0.25) is 0 Å². The van der Waals surface area contributed by atoms with Crippen LogP contribution in [0.25, 0.3) is 0 Å². The summed E-state index contributed by atoms with van der Waals surface area (Å²) in [4.78, 5) is 22.5. The fourth-order valence-electron chi connectivity index (χ4n) is 1.57. The van der Waals surface area contributed by atoms with Crippen molar-refractivity contribution in [3.63, 3.8) is 0 Å². The van der Waals surface area contributed by atoms with Crippen LogP contribution in [0.3, 0.4) is 0 Å². The summed E-state index contributed by atoms with van der Waals surface area (Å²) in [6, 6.07) is -0.276. The number of amides is 1. The Hall–Kier alpha value is -0.900. The van der Waals surface area contributed by atoms with Crippen LogP contribution in [0.15, 0.2) is 0 Å². The summed E-state index contributed by atoms with van der Waals surface area (Å²) in [5.41, 5.74) is 0. The van der Waals surface area contributed by atoms with E-state index in [9.17, 15) is 9.59 Å². The van der Waals surface area contributed by atoms with Crippen molar-refractivity contribution in [3.05, 3.63) is 0 Å². The summed E-state index contributed by atoms with van der Waals surface area (Å²) in [6.07, 6.45) is 3.01. The predicted octanol–water partition coefficient (Wildman–Crippen LogP) is -0.556. The Morgan fingerprint density at radius 2 is 2.23 bits per heavy atom. The first-order valence-electron chi connectivity index (χ1n) is 4.78. The van der Waals surface area contributed by atoms with E-state index < -0.39 is 0 Å². The van der Waals surface area contributed by atoms with Crippen molar-refractivity contribution in [1.82, 2.24) is 10.6 Å². The maximum Gasteiger partial charge on any atom is 0.234 e. The molecule has 0 bridgehead atoms. The van der Waals surface area contributed by atoms with E-state index in [0.717, 1.165) is 0 Å². The van der Waals surface area contributed by atoms with Crippen molar-refractivity contribution in [1.29, 1.82) is 0 Å².